The van der Waals surface area contributed by atoms with Gasteiger partial charge in [0.25, 0.3) is 0 Å². The zero-order valence-corrected chi connectivity index (χ0v) is 19.4. The van der Waals surface area contributed by atoms with Crippen molar-refractivity contribution in [2.24, 2.45) is 0 Å². The van der Waals surface area contributed by atoms with Crippen LogP contribution in [0.3, 0.4) is 0 Å². The summed E-state index contributed by atoms with van der Waals surface area (Å²) < 4.78 is 1.80. The molecule has 1 fully saturated rings. The lowest BCUT2D eigenvalue weighted by Crippen LogP contribution is -2.45. The number of carbonyl (C=O) groups is 1. The van der Waals surface area contributed by atoms with Gasteiger partial charge in [-0.05, 0) is 31.9 Å². The fourth-order valence-electron chi connectivity index (χ4n) is 4.19. The summed E-state index contributed by atoms with van der Waals surface area (Å²) in [5.41, 5.74) is 1.67. The molecule has 0 bridgehead atoms. The van der Waals surface area contributed by atoms with Crippen LogP contribution in [-0.2, 0) is 4.79 Å². The number of rotatable bonds is 6. The van der Waals surface area contributed by atoms with Gasteiger partial charge in [0.2, 0.25) is 5.91 Å². The summed E-state index contributed by atoms with van der Waals surface area (Å²) in [6.07, 6.45) is 10.7. The molecule has 1 amide bonds. The number of carbonyl (C=O) groups excluding carboxylic acids is 1. The predicted octanol–water partition coefficient (Wildman–Crippen LogP) is 5.12. The molecule has 0 unspecified atom stereocenters. The minimum absolute atomic E-state index is 0.0825. The number of benzene rings is 1. The van der Waals surface area contributed by atoms with Crippen LogP contribution in [0.1, 0.15) is 39.0 Å². The van der Waals surface area contributed by atoms with E-state index in [1.54, 1.807) is 23.4 Å². The SMILES string of the molecule is C[C@H](Sc1ncnc2c1cnn2-c1ccccc1)C(=O)N(c1nccs1)C1CCCCC1. The normalized spacial score (nSPS) is 15.7. The fourth-order valence-corrected chi connectivity index (χ4v) is 5.84. The van der Waals surface area contributed by atoms with Crippen molar-refractivity contribution in [1.82, 2.24) is 24.7 Å². The van der Waals surface area contributed by atoms with Gasteiger partial charge in [-0.25, -0.2) is 19.6 Å². The van der Waals surface area contributed by atoms with Gasteiger partial charge in [0, 0.05) is 17.6 Å². The predicted molar refractivity (Wildman–Crippen MR) is 128 cm³/mol. The van der Waals surface area contributed by atoms with Gasteiger partial charge >= 0.3 is 0 Å². The summed E-state index contributed by atoms with van der Waals surface area (Å²) in [5.74, 6) is 0.0825. The van der Waals surface area contributed by atoms with E-state index in [2.05, 4.69) is 20.1 Å². The van der Waals surface area contributed by atoms with Crippen LogP contribution < -0.4 is 4.90 Å². The lowest BCUT2D eigenvalue weighted by atomic mass is 9.94. The first-order valence-electron chi connectivity index (χ1n) is 10.9. The minimum Gasteiger partial charge on any atom is -0.284 e. The average molecular weight is 465 g/mol. The first-order chi connectivity index (χ1) is 15.7. The molecule has 0 aliphatic heterocycles. The van der Waals surface area contributed by atoms with Gasteiger partial charge in [0.1, 0.15) is 11.4 Å². The number of para-hydroxylation sites is 1. The van der Waals surface area contributed by atoms with Crippen LogP contribution in [0.4, 0.5) is 5.13 Å². The summed E-state index contributed by atoms with van der Waals surface area (Å²) in [5, 5.41) is 8.55. The van der Waals surface area contributed by atoms with E-state index in [9.17, 15) is 4.79 Å². The molecule has 1 aliphatic carbocycles. The lowest BCUT2D eigenvalue weighted by molar-refractivity contribution is -0.118. The topological polar surface area (TPSA) is 76.8 Å². The van der Waals surface area contributed by atoms with Crippen molar-refractivity contribution in [2.75, 3.05) is 4.90 Å². The number of thiazole rings is 1. The van der Waals surface area contributed by atoms with E-state index >= 15 is 0 Å². The molecule has 0 saturated heterocycles. The van der Waals surface area contributed by atoms with Gasteiger partial charge in [-0.1, -0.05) is 49.2 Å². The Bertz CT molecular complexity index is 1190. The Morgan fingerprint density at radius 1 is 1.16 bits per heavy atom. The maximum Gasteiger partial charge on any atom is 0.242 e. The van der Waals surface area contributed by atoms with Crippen molar-refractivity contribution >= 4 is 45.2 Å². The van der Waals surface area contributed by atoms with Crippen LogP contribution in [0.25, 0.3) is 16.7 Å². The number of anilines is 1. The summed E-state index contributed by atoms with van der Waals surface area (Å²) in [4.78, 5) is 29.0. The Morgan fingerprint density at radius 3 is 2.72 bits per heavy atom. The molecule has 1 aromatic carbocycles. The number of aromatic nitrogens is 5. The highest BCUT2D eigenvalue weighted by atomic mass is 32.2. The second-order valence-electron chi connectivity index (χ2n) is 7.88. The Labute approximate surface area is 194 Å². The van der Waals surface area contributed by atoms with E-state index in [4.69, 9.17) is 0 Å². The number of hydrogen-bond acceptors (Lipinski definition) is 7. The third-order valence-corrected chi connectivity index (χ3v) is 7.64. The molecule has 32 heavy (non-hydrogen) atoms. The number of hydrogen-bond donors (Lipinski definition) is 0. The first kappa shape index (κ1) is 21.1. The van der Waals surface area contributed by atoms with Crippen molar-refractivity contribution in [1.29, 1.82) is 0 Å². The molecule has 1 saturated carbocycles. The number of thioether (sulfide) groups is 1. The van der Waals surface area contributed by atoms with E-state index in [0.717, 1.165) is 52.6 Å². The van der Waals surface area contributed by atoms with E-state index in [-0.39, 0.29) is 17.2 Å². The summed E-state index contributed by atoms with van der Waals surface area (Å²) in [7, 11) is 0. The molecule has 0 N–H and O–H groups in total. The average Bonchev–Trinajstić information content (AvgIpc) is 3.51. The molecule has 3 aromatic heterocycles. The molecule has 3 heterocycles. The van der Waals surface area contributed by atoms with Crippen LogP contribution in [0.2, 0.25) is 0 Å². The minimum atomic E-state index is -0.306. The molecular weight excluding hydrogens is 440 g/mol. The van der Waals surface area contributed by atoms with Gasteiger partial charge in [-0.15, -0.1) is 11.3 Å². The van der Waals surface area contributed by atoms with E-state index in [1.807, 2.05) is 47.5 Å². The van der Waals surface area contributed by atoms with Crippen LogP contribution in [0, 0.1) is 0 Å². The molecule has 1 aliphatic rings. The summed E-state index contributed by atoms with van der Waals surface area (Å²) in [6.45, 7) is 1.95. The van der Waals surface area contributed by atoms with Crippen LogP contribution in [0.5, 0.6) is 0 Å². The lowest BCUT2D eigenvalue weighted by Gasteiger charge is -2.34. The number of fused-ring (bicyclic) bond motifs is 1. The van der Waals surface area contributed by atoms with Crippen LogP contribution in [0.15, 0.2) is 59.5 Å². The molecule has 5 rings (SSSR count). The van der Waals surface area contributed by atoms with Crippen molar-refractivity contribution in [3.8, 4) is 5.69 Å². The smallest absolute Gasteiger partial charge is 0.242 e. The highest BCUT2D eigenvalue weighted by molar-refractivity contribution is 8.00. The van der Waals surface area contributed by atoms with Crippen molar-refractivity contribution in [3.63, 3.8) is 0 Å². The highest BCUT2D eigenvalue weighted by Crippen LogP contribution is 2.34. The number of nitrogens with zero attached hydrogens (tertiary/aromatic N) is 6. The fraction of sp³-hybridized carbons (Fsp3) is 0.348. The van der Waals surface area contributed by atoms with Crippen molar-refractivity contribution < 1.29 is 4.79 Å². The Kier molecular flexibility index (Phi) is 6.18. The Morgan fingerprint density at radius 2 is 1.97 bits per heavy atom. The van der Waals surface area contributed by atoms with E-state index in [0.29, 0.717) is 0 Å². The number of amides is 1. The van der Waals surface area contributed by atoms with Gasteiger partial charge in [-0.3, -0.25) is 9.69 Å². The third kappa shape index (κ3) is 4.14. The van der Waals surface area contributed by atoms with Gasteiger partial charge < -0.3 is 0 Å². The van der Waals surface area contributed by atoms with Gasteiger partial charge in [-0.2, -0.15) is 5.10 Å². The maximum absolute atomic E-state index is 13.6. The molecule has 164 valence electrons. The van der Waals surface area contributed by atoms with Crippen LogP contribution in [-0.4, -0.2) is 41.9 Å². The van der Waals surface area contributed by atoms with E-state index in [1.165, 1.54) is 29.5 Å². The zero-order valence-electron chi connectivity index (χ0n) is 17.8. The highest BCUT2D eigenvalue weighted by Gasteiger charge is 2.32. The summed E-state index contributed by atoms with van der Waals surface area (Å²) in [6, 6.07) is 10.1. The molecule has 7 nitrogen and oxygen atoms in total. The van der Waals surface area contributed by atoms with Gasteiger partial charge in [0.15, 0.2) is 10.8 Å². The van der Waals surface area contributed by atoms with Crippen molar-refractivity contribution in [2.45, 2.75) is 55.3 Å². The van der Waals surface area contributed by atoms with Crippen LogP contribution >= 0.6 is 23.1 Å². The molecule has 1 atom stereocenters. The Balaban J connectivity index is 1.42. The summed E-state index contributed by atoms with van der Waals surface area (Å²) >= 11 is 2.99. The quantitative estimate of drug-likeness (QED) is 0.291. The molecule has 0 spiro atoms. The molecular formula is C23H24N6OS2. The third-order valence-electron chi connectivity index (χ3n) is 5.77. The standard InChI is InChI=1S/C23H24N6OS2/c1-16(22(30)28(23-24-12-13-31-23)17-8-4-2-5-9-17)32-21-19-14-27-29(20(19)25-15-26-21)18-10-6-3-7-11-18/h3,6-7,10-17H,2,4-5,8-9H2,1H3/t16-/m0/s1. The Hall–Kier alpha value is -2.78. The molecule has 9 heteroatoms. The monoisotopic (exact) mass is 464 g/mol. The second kappa shape index (κ2) is 9.38. The maximum atomic E-state index is 13.6. The van der Waals surface area contributed by atoms with Gasteiger partial charge in [0.05, 0.1) is 22.5 Å². The molecule has 4 aromatic rings. The molecule has 0 radical (unpaired) electrons. The first-order valence-corrected chi connectivity index (χ1v) is 12.6. The van der Waals surface area contributed by atoms with E-state index < -0.39 is 0 Å². The largest absolute Gasteiger partial charge is 0.284 e. The zero-order chi connectivity index (χ0) is 21.9. The van der Waals surface area contributed by atoms with Crippen molar-refractivity contribution in [3.05, 3.63) is 54.4 Å². The second-order valence-corrected chi connectivity index (χ2v) is 10.1.